The molecule has 1 aromatic rings. The van der Waals surface area contributed by atoms with Crippen molar-refractivity contribution < 1.29 is 9.53 Å². The molecule has 1 heterocycles. The first-order chi connectivity index (χ1) is 9.31. The first-order valence-electron chi connectivity index (χ1n) is 7.58. The van der Waals surface area contributed by atoms with Crippen molar-refractivity contribution in [3.63, 3.8) is 0 Å². The van der Waals surface area contributed by atoms with Crippen molar-refractivity contribution >= 4 is 5.78 Å². The maximum absolute atomic E-state index is 12.4. The molecule has 20 heavy (non-hydrogen) atoms. The second-order valence-electron chi connectivity index (χ2n) is 7.08. The summed E-state index contributed by atoms with van der Waals surface area (Å²) in [7, 11) is 0. The molecule has 0 bridgehead atoms. The molecule has 1 saturated heterocycles. The van der Waals surface area contributed by atoms with Crippen molar-refractivity contribution in [2.75, 3.05) is 6.61 Å². The largest absolute Gasteiger partial charge is 0.367 e. The summed E-state index contributed by atoms with van der Waals surface area (Å²) in [6, 6.07) is 8.41. The van der Waals surface area contributed by atoms with E-state index in [1.165, 1.54) is 5.56 Å². The van der Waals surface area contributed by atoms with Crippen LogP contribution in [0.4, 0.5) is 0 Å². The Bertz CT molecular complexity index is 459. The monoisotopic (exact) mass is 274 g/mol. The second-order valence-corrected chi connectivity index (χ2v) is 7.08. The molecule has 2 rings (SSSR count). The third-order valence-electron chi connectivity index (χ3n) is 4.24. The highest BCUT2D eigenvalue weighted by atomic mass is 16.5. The van der Waals surface area contributed by atoms with Crippen LogP contribution in [0.5, 0.6) is 0 Å². The van der Waals surface area contributed by atoms with E-state index < -0.39 is 5.60 Å². The molecule has 0 aromatic heterocycles. The molecule has 1 fully saturated rings. The number of carbonyl (C=O) groups excluding carboxylic acids is 1. The molecule has 0 aliphatic carbocycles. The fourth-order valence-corrected chi connectivity index (χ4v) is 2.65. The zero-order valence-corrected chi connectivity index (χ0v) is 13.2. The van der Waals surface area contributed by atoms with Gasteiger partial charge in [-0.2, -0.15) is 0 Å². The van der Waals surface area contributed by atoms with Gasteiger partial charge in [-0.05, 0) is 42.7 Å². The van der Waals surface area contributed by atoms with Crippen LogP contribution < -0.4 is 0 Å². The molecule has 2 heteroatoms. The number of hydrogen-bond donors (Lipinski definition) is 0. The molecule has 1 aromatic carbocycles. The van der Waals surface area contributed by atoms with Crippen LogP contribution in [0.2, 0.25) is 0 Å². The summed E-state index contributed by atoms with van der Waals surface area (Å²) < 4.78 is 5.73. The van der Waals surface area contributed by atoms with Crippen LogP contribution in [0, 0.1) is 0 Å². The van der Waals surface area contributed by atoms with Gasteiger partial charge in [0.15, 0.2) is 5.78 Å². The second kappa shape index (κ2) is 5.69. The number of hydrogen-bond acceptors (Lipinski definition) is 2. The lowest BCUT2D eigenvalue weighted by molar-refractivity contribution is -0.147. The van der Waals surface area contributed by atoms with Crippen LogP contribution in [-0.4, -0.2) is 18.0 Å². The van der Waals surface area contributed by atoms with Crippen LogP contribution >= 0.6 is 0 Å². The molecule has 0 N–H and O–H groups in total. The van der Waals surface area contributed by atoms with Gasteiger partial charge in [-0.15, -0.1) is 0 Å². The van der Waals surface area contributed by atoms with Gasteiger partial charge < -0.3 is 4.74 Å². The SMILES string of the molecule is CC1(C(=O)Cc2ccc(C(C)(C)C)cc2)CCCCO1. The van der Waals surface area contributed by atoms with Gasteiger partial charge in [0.2, 0.25) is 0 Å². The number of Topliss-reactive ketones (excluding diaryl/α,β-unsaturated/α-hetero) is 1. The summed E-state index contributed by atoms with van der Waals surface area (Å²) in [6.45, 7) is 9.25. The summed E-state index contributed by atoms with van der Waals surface area (Å²) >= 11 is 0. The van der Waals surface area contributed by atoms with Crippen molar-refractivity contribution in [3.8, 4) is 0 Å². The Morgan fingerprint density at radius 1 is 1.20 bits per heavy atom. The molecule has 110 valence electrons. The van der Waals surface area contributed by atoms with Gasteiger partial charge in [-0.3, -0.25) is 4.79 Å². The molecule has 0 spiro atoms. The van der Waals surface area contributed by atoms with Crippen LogP contribution in [-0.2, 0) is 21.4 Å². The van der Waals surface area contributed by atoms with Crippen LogP contribution in [0.1, 0.15) is 58.1 Å². The molecule has 1 aliphatic heterocycles. The average Bonchev–Trinajstić information content (AvgIpc) is 2.39. The standard InChI is InChI=1S/C18H26O2/c1-17(2,3)15-9-7-14(8-10-15)13-16(19)18(4)11-5-6-12-20-18/h7-10H,5-6,11-13H2,1-4H3. The van der Waals surface area contributed by atoms with Gasteiger partial charge in [-0.25, -0.2) is 0 Å². The third-order valence-corrected chi connectivity index (χ3v) is 4.24. The van der Waals surface area contributed by atoms with E-state index in [4.69, 9.17) is 4.74 Å². The van der Waals surface area contributed by atoms with Gasteiger partial charge >= 0.3 is 0 Å². The van der Waals surface area contributed by atoms with E-state index in [0.717, 1.165) is 24.8 Å². The van der Waals surface area contributed by atoms with E-state index in [1.54, 1.807) is 0 Å². The maximum Gasteiger partial charge on any atom is 0.168 e. The van der Waals surface area contributed by atoms with Gasteiger partial charge in [0.05, 0.1) is 0 Å². The Morgan fingerprint density at radius 3 is 2.35 bits per heavy atom. The van der Waals surface area contributed by atoms with Crippen molar-refractivity contribution in [2.45, 2.75) is 64.4 Å². The molecule has 2 nitrogen and oxygen atoms in total. The fraction of sp³-hybridized carbons (Fsp3) is 0.611. The van der Waals surface area contributed by atoms with Gasteiger partial charge in [-0.1, -0.05) is 45.0 Å². The average molecular weight is 274 g/mol. The van der Waals surface area contributed by atoms with Crippen LogP contribution in [0.15, 0.2) is 24.3 Å². The Kier molecular flexibility index (Phi) is 4.33. The number of carbonyl (C=O) groups is 1. The molecule has 0 saturated carbocycles. The lowest BCUT2D eigenvalue weighted by Crippen LogP contribution is -2.42. The molecule has 0 radical (unpaired) electrons. The van der Waals surface area contributed by atoms with Crippen molar-refractivity contribution in [1.29, 1.82) is 0 Å². The Balaban J connectivity index is 2.04. The molecule has 1 aliphatic rings. The zero-order valence-electron chi connectivity index (χ0n) is 13.2. The highest BCUT2D eigenvalue weighted by Gasteiger charge is 2.35. The van der Waals surface area contributed by atoms with Crippen LogP contribution in [0.3, 0.4) is 0 Å². The van der Waals surface area contributed by atoms with E-state index in [9.17, 15) is 4.79 Å². The van der Waals surface area contributed by atoms with Crippen LogP contribution in [0.25, 0.3) is 0 Å². The summed E-state index contributed by atoms with van der Waals surface area (Å²) in [5.41, 5.74) is 1.97. The highest BCUT2D eigenvalue weighted by Crippen LogP contribution is 2.27. The number of ketones is 1. The van der Waals surface area contributed by atoms with E-state index in [0.29, 0.717) is 13.0 Å². The summed E-state index contributed by atoms with van der Waals surface area (Å²) in [5.74, 6) is 0.209. The lowest BCUT2D eigenvalue weighted by atomic mass is 9.85. The summed E-state index contributed by atoms with van der Waals surface area (Å²) in [5, 5.41) is 0. The normalized spacial score (nSPS) is 23.6. The molecule has 0 amide bonds. The molecular formula is C18H26O2. The molecular weight excluding hydrogens is 248 g/mol. The smallest absolute Gasteiger partial charge is 0.168 e. The zero-order chi connectivity index (χ0) is 14.8. The summed E-state index contributed by atoms with van der Waals surface area (Å²) in [4.78, 5) is 12.4. The summed E-state index contributed by atoms with van der Waals surface area (Å²) in [6.07, 6.45) is 3.49. The van der Waals surface area contributed by atoms with E-state index in [1.807, 2.05) is 6.92 Å². The minimum atomic E-state index is -0.569. The minimum Gasteiger partial charge on any atom is -0.367 e. The number of ether oxygens (including phenoxy) is 1. The Morgan fingerprint density at radius 2 is 1.85 bits per heavy atom. The number of rotatable bonds is 3. The van der Waals surface area contributed by atoms with Crippen molar-refractivity contribution in [2.24, 2.45) is 0 Å². The highest BCUT2D eigenvalue weighted by molar-refractivity contribution is 5.88. The Hall–Kier alpha value is -1.15. The van der Waals surface area contributed by atoms with E-state index in [-0.39, 0.29) is 11.2 Å². The first-order valence-corrected chi connectivity index (χ1v) is 7.58. The first kappa shape index (κ1) is 15.2. The molecule has 1 atom stereocenters. The van der Waals surface area contributed by atoms with Crippen molar-refractivity contribution in [3.05, 3.63) is 35.4 Å². The minimum absolute atomic E-state index is 0.154. The number of benzene rings is 1. The quantitative estimate of drug-likeness (QED) is 0.831. The topological polar surface area (TPSA) is 26.3 Å². The fourth-order valence-electron chi connectivity index (χ4n) is 2.65. The Labute approximate surface area is 122 Å². The van der Waals surface area contributed by atoms with Gasteiger partial charge in [0.1, 0.15) is 5.60 Å². The maximum atomic E-state index is 12.4. The van der Waals surface area contributed by atoms with Gasteiger partial charge in [0.25, 0.3) is 0 Å². The third kappa shape index (κ3) is 3.49. The van der Waals surface area contributed by atoms with Crippen molar-refractivity contribution in [1.82, 2.24) is 0 Å². The predicted molar refractivity (Wildman–Crippen MR) is 82.1 cm³/mol. The van der Waals surface area contributed by atoms with Gasteiger partial charge in [0, 0.05) is 13.0 Å². The van der Waals surface area contributed by atoms with E-state index >= 15 is 0 Å². The van der Waals surface area contributed by atoms with E-state index in [2.05, 4.69) is 45.0 Å². The molecule has 1 unspecified atom stereocenters. The predicted octanol–water partition coefficient (Wildman–Crippen LogP) is 4.05. The lowest BCUT2D eigenvalue weighted by Gasteiger charge is -2.32.